The van der Waals surface area contributed by atoms with E-state index in [1.54, 1.807) is 4.63 Å². The second-order valence-electron chi connectivity index (χ2n) is 4.63. The van der Waals surface area contributed by atoms with E-state index in [-0.39, 0.29) is 5.91 Å². The van der Waals surface area contributed by atoms with E-state index in [2.05, 4.69) is 20.5 Å². The molecule has 0 aliphatic rings. The van der Waals surface area contributed by atoms with E-state index in [0.717, 1.165) is 22.6 Å². The van der Waals surface area contributed by atoms with Crippen LogP contribution in [-0.4, -0.2) is 25.7 Å². The fourth-order valence-corrected chi connectivity index (χ4v) is 2.00. The van der Waals surface area contributed by atoms with Crippen molar-refractivity contribution in [2.24, 2.45) is 0 Å². The van der Waals surface area contributed by atoms with E-state index in [1.807, 2.05) is 44.2 Å². The second-order valence-corrected chi connectivity index (χ2v) is 4.63. The number of nitrogens with zero attached hydrogens (tertiary/aromatic N) is 3. The lowest BCUT2D eigenvalue weighted by atomic mass is 10.2. The van der Waals surface area contributed by atoms with E-state index in [0.29, 0.717) is 12.2 Å². The van der Waals surface area contributed by atoms with Crippen molar-refractivity contribution in [3.05, 3.63) is 36.0 Å². The first-order chi connectivity index (χ1) is 9.65. The van der Waals surface area contributed by atoms with Crippen LogP contribution in [0.15, 0.2) is 30.3 Å². The SMILES string of the molecule is CCC(=O)Nc1cccc(-c2nc3cc(C)[nH]n3n2)c1. The molecule has 0 aliphatic carbocycles. The molecule has 3 aromatic rings. The molecule has 0 saturated heterocycles. The van der Waals surface area contributed by atoms with E-state index in [4.69, 9.17) is 0 Å². The monoisotopic (exact) mass is 269 g/mol. The summed E-state index contributed by atoms with van der Waals surface area (Å²) in [6.07, 6.45) is 0.454. The average molecular weight is 269 g/mol. The van der Waals surface area contributed by atoms with Crippen LogP contribution < -0.4 is 5.32 Å². The summed E-state index contributed by atoms with van der Waals surface area (Å²) in [6.45, 7) is 3.78. The summed E-state index contributed by atoms with van der Waals surface area (Å²) in [5, 5.41) is 10.3. The Kier molecular flexibility index (Phi) is 2.98. The molecule has 3 rings (SSSR count). The van der Waals surface area contributed by atoms with Crippen molar-refractivity contribution in [2.45, 2.75) is 20.3 Å². The number of fused-ring (bicyclic) bond motifs is 1. The zero-order valence-electron chi connectivity index (χ0n) is 11.3. The molecule has 0 bridgehead atoms. The molecule has 1 aromatic carbocycles. The maximum absolute atomic E-state index is 11.4. The topological polar surface area (TPSA) is 75.1 Å². The number of carbonyl (C=O) groups excluding carboxylic acids is 1. The summed E-state index contributed by atoms with van der Waals surface area (Å²) in [5.74, 6) is 0.617. The maximum Gasteiger partial charge on any atom is 0.224 e. The van der Waals surface area contributed by atoms with E-state index in [1.165, 1.54) is 0 Å². The summed E-state index contributed by atoms with van der Waals surface area (Å²) in [6, 6.07) is 9.45. The first-order valence-electron chi connectivity index (χ1n) is 6.48. The number of benzene rings is 1. The maximum atomic E-state index is 11.4. The minimum Gasteiger partial charge on any atom is -0.326 e. The van der Waals surface area contributed by atoms with Crippen molar-refractivity contribution in [1.82, 2.24) is 19.8 Å². The molecule has 2 aromatic heterocycles. The Morgan fingerprint density at radius 1 is 1.40 bits per heavy atom. The minimum absolute atomic E-state index is 0.0114. The van der Waals surface area contributed by atoms with Gasteiger partial charge >= 0.3 is 0 Å². The van der Waals surface area contributed by atoms with Crippen LogP contribution in [0.25, 0.3) is 17.0 Å². The molecule has 0 spiro atoms. The van der Waals surface area contributed by atoms with Crippen LogP contribution in [0, 0.1) is 6.92 Å². The zero-order valence-corrected chi connectivity index (χ0v) is 11.3. The van der Waals surface area contributed by atoms with Gasteiger partial charge in [0.25, 0.3) is 0 Å². The average Bonchev–Trinajstić information content (AvgIpc) is 2.96. The highest BCUT2D eigenvalue weighted by Gasteiger charge is 2.09. The first-order valence-corrected chi connectivity index (χ1v) is 6.48. The van der Waals surface area contributed by atoms with Gasteiger partial charge in [-0.1, -0.05) is 19.1 Å². The Bertz CT molecular complexity index is 739. The van der Waals surface area contributed by atoms with Gasteiger partial charge in [0.1, 0.15) is 0 Å². The number of carbonyl (C=O) groups is 1. The fourth-order valence-electron chi connectivity index (χ4n) is 2.00. The van der Waals surface area contributed by atoms with Crippen LogP contribution in [0.5, 0.6) is 0 Å². The number of amides is 1. The van der Waals surface area contributed by atoms with Gasteiger partial charge in [0, 0.05) is 29.4 Å². The zero-order chi connectivity index (χ0) is 14.1. The molecule has 1 amide bonds. The highest BCUT2D eigenvalue weighted by molar-refractivity contribution is 5.91. The Morgan fingerprint density at radius 3 is 3.00 bits per heavy atom. The molecule has 2 heterocycles. The summed E-state index contributed by atoms with van der Waals surface area (Å²) in [7, 11) is 0. The van der Waals surface area contributed by atoms with E-state index >= 15 is 0 Å². The molecule has 0 unspecified atom stereocenters. The summed E-state index contributed by atoms with van der Waals surface area (Å²) in [4.78, 5) is 15.9. The second kappa shape index (κ2) is 4.80. The normalized spacial score (nSPS) is 10.9. The Hall–Kier alpha value is -2.63. The summed E-state index contributed by atoms with van der Waals surface area (Å²) < 4.78 is 1.64. The van der Waals surface area contributed by atoms with Gasteiger partial charge in [-0.2, -0.15) is 4.63 Å². The lowest BCUT2D eigenvalue weighted by Gasteiger charge is -2.04. The third-order valence-electron chi connectivity index (χ3n) is 2.99. The molecule has 6 nitrogen and oxygen atoms in total. The number of H-pyrrole nitrogens is 1. The molecule has 0 aliphatic heterocycles. The largest absolute Gasteiger partial charge is 0.326 e. The Labute approximate surface area is 115 Å². The number of aryl methyl sites for hydroxylation is 1. The summed E-state index contributed by atoms with van der Waals surface area (Å²) in [5.41, 5.74) is 3.41. The Balaban J connectivity index is 1.94. The van der Waals surface area contributed by atoms with Crippen molar-refractivity contribution in [3.63, 3.8) is 0 Å². The molecule has 20 heavy (non-hydrogen) atoms. The van der Waals surface area contributed by atoms with Crippen molar-refractivity contribution >= 4 is 17.2 Å². The van der Waals surface area contributed by atoms with Crippen LogP contribution >= 0.6 is 0 Å². The lowest BCUT2D eigenvalue weighted by molar-refractivity contribution is -0.115. The number of anilines is 1. The molecule has 0 fully saturated rings. The van der Waals surface area contributed by atoms with Gasteiger partial charge in [0.05, 0.1) is 0 Å². The minimum atomic E-state index is -0.0114. The third-order valence-corrected chi connectivity index (χ3v) is 2.99. The number of aromatic nitrogens is 4. The van der Waals surface area contributed by atoms with E-state index in [9.17, 15) is 4.79 Å². The lowest BCUT2D eigenvalue weighted by Crippen LogP contribution is -2.09. The molecule has 102 valence electrons. The molecule has 2 N–H and O–H groups in total. The molecule has 0 saturated carbocycles. The highest BCUT2D eigenvalue weighted by Crippen LogP contribution is 2.20. The van der Waals surface area contributed by atoms with Gasteiger partial charge in [0.2, 0.25) is 5.91 Å². The van der Waals surface area contributed by atoms with Gasteiger partial charge in [-0.15, -0.1) is 5.10 Å². The van der Waals surface area contributed by atoms with Crippen LogP contribution in [0.4, 0.5) is 5.69 Å². The number of nitrogens with one attached hydrogen (secondary N) is 2. The molecular formula is C14H15N5O. The van der Waals surface area contributed by atoms with Crippen LogP contribution in [-0.2, 0) is 4.79 Å². The highest BCUT2D eigenvalue weighted by atomic mass is 16.1. The number of hydrogen-bond acceptors (Lipinski definition) is 3. The standard InChI is InChI=1S/C14H15N5O/c1-3-13(20)15-11-6-4-5-10(8-11)14-16-12-7-9(2)17-19(12)18-14/h4-8,17H,3H2,1-2H3,(H,15,20). The van der Waals surface area contributed by atoms with Crippen molar-refractivity contribution in [2.75, 3.05) is 5.32 Å². The number of hydrogen-bond donors (Lipinski definition) is 2. The quantitative estimate of drug-likeness (QED) is 0.766. The van der Waals surface area contributed by atoms with Gasteiger partial charge < -0.3 is 5.32 Å². The molecule has 0 atom stereocenters. The number of aromatic amines is 1. The fraction of sp³-hybridized carbons (Fsp3) is 0.214. The van der Waals surface area contributed by atoms with E-state index < -0.39 is 0 Å². The van der Waals surface area contributed by atoms with Gasteiger partial charge in [-0.05, 0) is 19.1 Å². The molecular weight excluding hydrogens is 254 g/mol. The predicted molar refractivity (Wildman–Crippen MR) is 76.4 cm³/mol. The van der Waals surface area contributed by atoms with Crippen molar-refractivity contribution < 1.29 is 4.79 Å². The van der Waals surface area contributed by atoms with Crippen molar-refractivity contribution in [1.29, 1.82) is 0 Å². The smallest absolute Gasteiger partial charge is 0.224 e. The van der Waals surface area contributed by atoms with Gasteiger partial charge in [-0.3, -0.25) is 9.89 Å². The first kappa shape index (κ1) is 12.4. The van der Waals surface area contributed by atoms with Crippen LogP contribution in [0.1, 0.15) is 19.0 Å². The molecule has 6 heteroatoms. The van der Waals surface area contributed by atoms with Gasteiger partial charge in [-0.25, -0.2) is 4.98 Å². The number of rotatable bonds is 3. The van der Waals surface area contributed by atoms with Crippen molar-refractivity contribution in [3.8, 4) is 11.4 Å². The van der Waals surface area contributed by atoms with Crippen LogP contribution in [0.2, 0.25) is 0 Å². The van der Waals surface area contributed by atoms with Gasteiger partial charge in [0.15, 0.2) is 11.5 Å². The third kappa shape index (κ3) is 2.27. The molecule has 0 radical (unpaired) electrons. The Morgan fingerprint density at radius 2 is 2.25 bits per heavy atom. The summed E-state index contributed by atoms with van der Waals surface area (Å²) >= 11 is 0. The van der Waals surface area contributed by atoms with Crippen LogP contribution in [0.3, 0.4) is 0 Å². The predicted octanol–water partition coefficient (Wildman–Crippen LogP) is 2.38.